The largest absolute Gasteiger partial charge is 0.459 e. The predicted octanol–water partition coefficient (Wildman–Crippen LogP) is 1.80. The summed E-state index contributed by atoms with van der Waals surface area (Å²) in [7, 11) is 0. The van der Waals surface area contributed by atoms with Gasteiger partial charge in [0.05, 0.1) is 6.26 Å². The van der Waals surface area contributed by atoms with Gasteiger partial charge in [-0.05, 0) is 38.3 Å². The molecule has 8 heteroatoms. The van der Waals surface area contributed by atoms with Crippen LogP contribution in [0.5, 0.6) is 0 Å². The number of piperazine rings is 1. The number of rotatable bonds is 6. The second-order valence-electron chi connectivity index (χ2n) is 7.54. The Bertz CT molecular complexity index is 680. The fraction of sp³-hybridized carbons (Fsp3) is 0.667. The van der Waals surface area contributed by atoms with E-state index in [4.69, 9.17) is 9.41 Å². The van der Waals surface area contributed by atoms with Gasteiger partial charge in [-0.25, -0.2) is 0 Å². The monoisotopic (exact) mass is 403 g/mol. The van der Waals surface area contributed by atoms with Gasteiger partial charge in [-0.15, -0.1) is 0 Å². The van der Waals surface area contributed by atoms with Crippen molar-refractivity contribution in [2.45, 2.75) is 39.0 Å². The molecule has 0 aromatic carbocycles. The highest BCUT2D eigenvalue weighted by Gasteiger charge is 2.25. The number of guanidine groups is 1. The quantitative estimate of drug-likeness (QED) is 0.445. The highest BCUT2D eigenvalue weighted by atomic mass is 16.3. The molecular formula is C21H33N5O3. The molecule has 160 valence electrons. The van der Waals surface area contributed by atoms with Crippen LogP contribution < -0.4 is 5.32 Å². The van der Waals surface area contributed by atoms with Crippen LogP contribution in [-0.2, 0) is 4.79 Å². The van der Waals surface area contributed by atoms with Crippen molar-refractivity contribution >= 4 is 17.8 Å². The highest BCUT2D eigenvalue weighted by Crippen LogP contribution is 2.12. The molecule has 0 aliphatic carbocycles. The molecular weight excluding hydrogens is 370 g/mol. The van der Waals surface area contributed by atoms with Gasteiger partial charge in [-0.1, -0.05) is 6.42 Å². The summed E-state index contributed by atoms with van der Waals surface area (Å²) in [4.78, 5) is 35.3. The standard InChI is InChI=1S/C21H33N5O3/c1-2-22-21(23-10-7-12-24-11-5-3-4-9-19(24)27)26-15-13-25(14-16-26)20(28)18-8-6-17-29-18/h6,8,17H,2-5,7,9-16H2,1H3,(H,22,23). The number of hydrogen-bond donors (Lipinski definition) is 1. The second kappa shape index (κ2) is 10.9. The minimum Gasteiger partial charge on any atom is -0.459 e. The number of carbonyl (C=O) groups is 2. The van der Waals surface area contributed by atoms with Crippen LogP contribution in [0.2, 0.25) is 0 Å². The average molecular weight is 404 g/mol. The molecule has 2 aliphatic rings. The van der Waals surface area contributed by atoms with E-state index in [1.54, 1.807) is 12.1 Å². The minimum absolute atomic E-state index is 0.0568. The molecule has 3 heterocycles. The van der Waals surface area contributed by atoms with E-state index in [2.05, 4.69) is 17.1 Å². The van der Waals surface area contributed by atoms with E-state index >= 15 is 0 Å². The van der Waals surface area contributed by atoms with Crippen molar-refractivity contribution in [3.8, 4) is 0 Å². The molecule has 2 saturated heterocycles. The first-order valence-electron chi connectivity index (χ1n) is 10.8. The van der Waals surface area contributed by atoms with Gasteiger partial charge in [0.25, 0.3) is 5.91 Å². The van der Waals surface area contributed by atoms with Crippen molar-refractivity contribution in [1.29, 1.82) is 0 Å². The molecule has 1 N–H and O–H groups in total. The highest BCUT2D eigenvalue weighted by molar-refractivity contribution is 5.91. The van der Waals surface area contributed by atoms with Gasteiger partial charge in [-0.3, -0.25) is 14.6 Å². The summed E-state index contributed by atoms with van der Waals surface area (Å²) in [6, 6.07) is 3.44. The van der Waals surface area contributed by atoms with E-state index in [9.17, 15) is 9.59 Å². The second-order valence-corrected chi connectivity index (χ2v) is 7.54. The van der Waals surface area contributed by atoms with E-state index in [-0.39, 0.29) is 11.8 Å². The van der Waals surface area contributed by atoms with Crippen molar-refractivity contribution in [2.24, 2.45) is 4.99 Å². The van der Waals surface area contributed by atoms with Crippen LogP contribution in [0.15, 0.2) is 27.8 Å². The van der Waals surface area contributed by atoms with E-state index in [0.717, 1.165) is 64.4 Å². The first-order valence-corrected chi connectivity index (χ1v) is 10.8. The van der Waals surface area contributed by atoms with E-state index < -0.39 is 0 Å². The first kappa shape index (κ1) is 21.2. The topological polar surface area (TPSA) is 81.4 Å². The summed E-state index contributed by atoms with van der Waals surface area (Å²) in [5, 5.41) is 3.35. The van der Waals surface area contributed by atoms with Crippen LogP contribution >= 0.6 is 0 Å². The zero-order valence-corrected chi connectivity index (χ0v) is 17.4. The summed E-state index contributed by atoms with van der Waals surface area (Å²) in [6.07, 6.45) is 6.37. The third-order valence-corrected chi connectivity index (χ3v) is 5.45. The number of carbonyl (C=O) groups excluding carboxylic acids is 2. The summed E-state index contributed by atoms with van der Waals surface area (Å²) >= 11 is 0. The summed E-state index contributed by atoms with van der Waals surface area (Å²) in [5.41, 5.74) is 0. The number of nitrogens with one attached hydrogen (secondary N) is 1. The van der Waals surface area contributed by atoms with E-state index in [0.29, 0.717) is 31.8 Å². The Morgan fingerprint density at radius 2 is 1.93 bits per heavy atom. The lowest BCUT2D eigenvalue weighted by atomic mass is 10.2. The van der Waals surface area contributed by atoms with Crippen molar-refractivity contribution in [2.75, 3.05) is 52.4 Å². The van der Waals surface area contributed by atoms with Crippen molar-refractivity contribution < 1.29 is 14.0 Å². The molecule has 0 spiro atoms. The maximum atomic E-state index is 12.4. The Labute approximate surface area is 172 Å². The van der Waals surface area contributed by atoms with Crippen LogP contribution in [0.4, 0.5) is 0 Å². The molecule has 29 heavy (non-hydrogen) atoms. The number of amides is 2. The Hall–Kier alpha value is -2.51. The first-order chi connectivity index (χ1) is 14.2. The minimum atomic E-state index is -0.0568. The van der Waals surface area contributed by atoms with Gasteiger partial charge in [0, 0.05) is 58.8 Å². The lowest BCUT2D eigenvalue weighted by Crippen LogP contribution is -2.53. The Balaban J connectivity index is 1.46. The predicted molar refractivity (Wildman–Crippen MR) is 112 cm³/mol. The molecule has 0 saturated carbocycles. The lowest BCUT2D eigenvalue weighted by molar-refractivity contribution is -0.130. The van der Waals surface area contributed by atoms with Crippen molar-refractivity contribution in [3.05, 3.63) is 24.2 Å². The summed E-state index contributed by atoms with van der Waals surface area (Å²) in [6.45, 7) is 7.99. The Kier molecular flexibility index (Phi) is 7.95. The third kappa shape index (κ3) is 5.98. The molecule has 0 atom stereocenters. The zero-order chi connectivity index (χ0) is 20.5. The molecule has 2 aliphatic heterocycles. The normalized spacial score (nSPS) is 18.7. The average Bonchev–Trinajstić information content (AvgIpc) is 3.20. The zero-order valence-electron chi connectivity index (χ0n) is 17.4. The van der Waals surface area contributed by atoms with E-state index in [1.807, 2.05) is 9.80 Å². The van der Waals surface area contributed by atoms with Crippen molar-refractivity contribution in [1.82, 2.24) is 20.0 Å². The van der Waals surface area contributed by atoms with E-state index in [1.165, 1.54) is 6.26 Å². The maximum Gasteiger partial charge on any atom is 0.289 e. The molecule has 8 nitrogen and oxygen atoms in total. The molecule has 0 unspecified atom stereocenters. The van der Waals surface area contributed by atoms with Gasteiger partial charge in [-0.2, -0.15) is 0 Å². The van der Waals surface area contributed by atoms with Gasteiger partial charge >= 0.3 is 0 Å². The van der Waals surface area contributed by atoms with Crippen LogP contribution in [0.1, 0.15) is 49.6 Å². The van der Waals surface area contributed by atoms with Gasteiger partial charge in [0.15, 0.2) is 11.7 Å². The molecule has 0 radical (unpaired) electrons. The van der Waals surface area contributed by atoms with Gasteiger partial charge in [0.1, 0.15) is 0 Å². The Morgan fingerprint density at radius 1 is 1.14 bits per heavy atom. The molecule has 2 amide bonds. The Morgan fingerprint density at radius 3 is 2.66 bits per heavy atom. The molecule has 3 rings (SSSR count). The number of hydrogen-bond acceptors (Lipinski definition) is 4. The van der Waals surface area contributed by atoms with Gasteiger partial charge in [0.2, 0.25) is 5.91 Å². The number of aliphatic imine (C=N–C) groups is 1. The fourth-order valence-electron chi connectivity index (χ4n) is 3.82. The van der Waals surface area contributed by atoms with Crippen LogP contribution in [-0.4, -0.2) is 84.8 Å². The molecule has 2 fully saturated rings. The maximum absolute atomic E-state index is 12.4. The molecule has 1 aromatic heterocycles. The van der Waals surface area contributed by atoms with Gasteiger partial charge < -0.3 is 24.4 Å². The summed E-state index contributed by atoms with van der Waals surface area (Å²) < 4.78 is 5.22. The van der Waals surface area contributed by atoms with Crippen LogP contribution in [0, 0.1) is 0 Å². The van der Waals surface area contributed by atoms with Crippen LogP contribution in [0.3, 0.4) is 0 Å². The van der Waals surface area contributed by atoms with Crippen LogP contribution in [0.25, 0.3) is 0 Å². The fourth-order valence-corrected chi connectivity index (χ4v) is 3.82. The van der Waals surface area contributed by atoms with Crippen molar-refractivity contribution in [3.63, 3.8) is 0 Å². The third-order valence-electron chi connectivity index (χ3n) is 5.45. The molecule has 1 aromatic rings. The lowest BCUT2D eigenvalue weighted by Gasteiger charge is -2.36. The number of likely N-dealkylation sites (tertiary alicyclic amines) is 1. The number of furan rings is 1. The number of nitrogens with zero attached hydrogens (tertiary/aromatic N) is 4. The summed E-state index contributed by atoms with van der Waals surface area (Å²) in [5.74, 6) is 1.51. The molecule has 0 bridgehead atoms. The SMILES string of the molecule is CCNC(=NCCCN1CCCCCC1=O)N1CCN(C(=O)c2ccco2)CC1. The smallest absolute Gasteiger partial charge is 0.289 e.